The van der Waals surface area contributed by atoms with Crippen molar-refractivity contribution >= 4 is 5.91 Å². The molecule has 1 aliphatic heterocycles. The van der Waals surface area contributed by atoms with Gasteiger partial charge >= 0.3 is 0 Å². The normalized spacial score (nSPS) is 11.8. The molecule has 0 N–H and O–H groups in total. The average molecular weight is 502 g/mol. The first-order valence-electron chi connectivity index (χ1n) is 11.9. The number of hydrogen-bond donors (Lipinski definition) is 0. The Balaban J connectivity index is 1.29. The van der Waals surface area contributed by atoms with Gasteiger partial charge in [0.2, 0.25) is 18.5 Å². The average Bonchev–Trinajstić information content (AvgIpc) is 3.62. The van der Waals surface area contributed by atoms with Gasteiger partial charge in [0.25, 0.3) is 5.91 Å². The van der Waals surface area contributed by atoms with Gasteiger partial charge in [-0.15, -0.1) is 0 Å². The van der Waals surface area contributed by atoms with Crippen LogP contribution in [0.2, 0.25) is 0 Å². The lowest BCUT2D eigenvalue weighted by Gasteiger charge is -2.22. The van der Waals surface area contributed by atoms with Crippen LogP contribution in [-0.2, 0) is 12.8 Å². The SMILES string of the molecule is COc1ccc(CCN(CCc2nc(-c3ccc4c(c3)OCO4)no2)C(=O)c2ccccc2)cc1OC. The number of rotatable bonds is 10. The number of hydrogen-bond acceptors (Lipinski definition) is 8. The third-order valence-corrected chi connectivity index (χ3v) is 6.12. The molecule has 0 bridgehead atoms. The molecule has 0 aliphatic carbocycles. The van der Waals surface area contributed by atoms with Crippen LogP contribution < -0.4 is 18.9 Å². The molecule has 37 heavy (non-hydrogen) atoms. The molecular weight excluding hydrogens is 474 g/mol. The quantitative estimate of drug-likeness (QED) is 0.315. The highest BCUT2D eigenvalue weighted by Crippen LogP contribution is 2.35. The minimum atomic E-state index is -0.0587. The van der Waals surface area contributed by atoms with Crippen molar-refractivity contribution in [1.82, 2.24) is 15.0 Å². The fourth-order valence-corrected chi connectivity index (χ4v) is 4.12. The van der Waals surface area contributed by atoms with Crippen LogP contribution in [0, 0.1) is 0 Å². The van der Waals surface area contributed by atoms with Crippen LogP contribution in [0.5, 0.6) is 23.0 Å². The summed E-state index contributed by atoms with van der Waals surface area (Å²) >= 11 is 0. The lowest BCUT2D eigenvalue weighted by Crippen LogP contribution is -2.34. The lowest BCUT2D eigenvalue weighted by atomic mass is 10.1. The van der Waals surface area contributed by atoms with Crippen LogP contribution in [0.4, 0.5) is 0 Å². The molecule has 0 saturated carbocycles. The summed E-state index contributed by atoms with van der Waals surface area (Å²) in [5, 5.41) is 4.11. The number of carbonyl (C=O) groups is 1. The summed E-state index contributed by atoms with van der Waals surface area (Å²) in [6.07, 6.45) is 1.06. The topological polar surface area (TPSA) is 96.2 Å². The summed E-state index contributed by atoms with van der Waals surface area (Å²) in [7, 11) is 3.21. The van der Waals surface area contributed by atoms with Crippen molar-refractivity contribution in [3.8, 4) is 34.4 Å². The molecule has 9 heteroatoms. The number of carbonyl (C=O) groups excluding carboxylic acids is 1. The zero-order valence-corrected chi connectivity index (χ0v) is 20.7. The van der Waals surface area contributed by atoms with Crippen molar-refractivity contribution in [3.05, 3.63) is 83.7 Å². The maximum Gasteiger partial charge on any atom is 0.253 e. The molecule has 5 rings (SSSR count). The first-order chi connectivity index (χ1) is 18.1. The fraction of sp³-hybridized carbons (Fsp3) is 0.250. The first kappa shape index (κ1) is 24.2. The van der Waals surface area contributed by atoms with Crippen LogP contribution >= 0.6 is 0 Å². The molecule has 1 amide bonds. The summed E-state index contributed by atoms with van der Waals surface area (Å²) < 4.78 is 27.0. The zero-order chi connectivity index (χ0) is 25.6. The third kappa shape index (κ3) is 5.50. The van der Waals surface area contributed by atoms with Gasteiger partial charge in [-0.3, -0.25) is 4.79 Å². The highest BCUT2D eigenvalue weighted by Gasteiger charge is 2.19. The Morgan fingerprint density at radius 1 is 0.892 bits per heavy atom. The van der Waals surface area contributed by atoms with E-state index < -0.39 is 0 Å². The molecule has 0 atom stereocenters. The second-order valence-corrected chi connectivity index (χ2v) is 8.43. The van der Waals surface area contributed by atoms with E-state index in [1.807, 2.05) is 66.7 Å². The lowest BCUT2D eigenvalue weighted by molar-refractivity contribution is 0.0756. The van der Waals surface area contributed by atoms with Crippen LogP contribution in [0.1, 0.15) is 21.8 Å². The largest absolute Gasteiger partial charge is 0.493 e. The Kier molecular flexibility index (Phi) is 7.21. The predicted octanol–water partition coefficient (Wildman–Crippen LogP) is 4.41. The van der Waals surface area contributed by atoms with Crippen molar-refractivity contribution < 1.29 is 28.3 Å². The van der Waals surface area contributed by atoms with Gasteiger partial charge in [-0.2, -0.15) is 4.98 Å². The number of fused-ring (bicyclic) bond motifs is 1. The van der Waals surface area contributed by atoms with E-state index in [0.29, 0.717) is 66.2 Å². The Hall–Kier alpha value is -4.53. The van der Waals surface area contributed by atoms with E-state index in [4.69, 9.17) is 23.5 Å². The van der Waals surface area contributed by atoms with Crippen molar-refractivity contribution in [3.63, 3.8) is 0 Å². The van der Waals surface area contributed by atoms with Gasteiger partial charge in [0.15, 0.2) is 23.0 Å². The Morgan fingerprint density at radius 3 is 2.49 bits per heavy atom. The van der Waals surface area contributed by atoms with E-state index in [-0.39, 0.29) is 12.7 Å². The maximum absolute atomic E-state index is 13.3. The standard InChI is InChI=1S/C28H27N3O6/c1-33-22-10-8-19(16-24(22)34-2)12-14-31(28(32)20-6-4-3-5-7-20)15-13-26-29-27(30-37-26)21-9-11-23-25(17-21)36-18-35-23/h3-11,16-17H,12-15,18H2,1-2H3. The second-order valence-electron chi connectivity index (χ2n) is 8.43. The highest BCUT2D eigenvalue weighted by molar-refractivity contribution is 5.94. The number of benzene rings is 3. The number of ether oxygens (including phenoxy) is 4. The summed E-state index contributed by atoms with van der Waals surface area (Å²) in [5.74, 6) is 3.51. The molecule has 0 fully saturated rings. The molecule has 0 radical (unpaired) electrons. The van der Waals surface area contributed by atoms with Crippen molar-refractivity contribution in [2.24, 2.45) is 0 Å². The van der Waals surface area contributed by atoms with Crippen LogP contribution in [-0.4, -0.2) is 55.0 Å². The van der Waals surface area contributed by atoms with Gasteiger partial charge < -0.3 is 28.4 Å². The Labute approximate surface area is 214 Å². The maximum atomic E-state index is 13.3. The van der Waals surface area contributed by atoms with Gasteiger partial charge in [-0.05, 0) is 54.4 Å². The Morgan fingerprint density at radius 2 is 1.68 bits per heavy atom. The minimum Gasteiger partial charge on any atom is -0.493 e. The molecular formula is C28H27N3O6. The minimum absolute atomic E-state index is 0.0587. The van der Waals surface area contributed by atoms with Crippen molar-refractivity contribution in [2.75, 3.05) is 34.1 Å². The molecule has 1 aliphatic rings. The van der Waals surface area contributed by atoms with Crippen molar-refractivity contribution in [1.29, 1.82) is 0 Å². The van der Waals surface area contributed by atoms with Crippen LogP contribution in [0.25, 0.3) is 11.4 Å². The van der Waals surface area contributed by atoms with E-state index in [0.717, 1.165) is 11.1 Å². The monoisotopic (exact) mass is 501 g/mol. The zero-order valence-electron chi connectivity index (χ0n) is 20.7. The van der Waals surface area contributed by atoms with Crippen molar-refractivity contribution in [2.45, 2.75) is 12.8 Å². The van der Waals surface area contributed by atoms with Gasteiger partial charge in [0, 0.05) is 30.6 Å². The summed E-state index contributed by atoms with van der Waals surface area (Å²) in [6.45, 7) is 1.13. The number of methoxy groups -OCH3 is 2. The summed E-state index contributed by atoms with van der Waals surface area (Å²) in [6, 6.07) is 20.5. The van der Waals surface area contributed by atoms with Gasteiger partial charge in [0.1, 0.15) is 0 Å². The molecule has 2 heterocycles. The van der Waals surface area contributed by atoms with E-state index in [2.05, 4.69) is 10.1 Å². The predicted molar refractivity (Wildman–Crippen MR) is 135 cm³/mol. The fourth-order valence-electron chi connectivity index (χ4n) is 4.12. The van der Waals surface area contributed by atoms with Gasteiger partial charge in [-0.25, -0.2) is 0 Å². The molecule has 0 unspecified atom stereocenters. The molecule has 0 saturated heterocycles. The molecule has 9 nitrogen and oxygen atoms in total. The second kappa shape index (κ2) is 11.0. The molecule has 4 aromatic rings. The smallest absolute Gasteiger partial charge is 0.253 e. The number of nitrogens with zero attached hydrogens (tertiary/aromatic N) is 3. The molecule has 0 spiro atoms. The third-order valence-electron chi connectivity index (χ3n) is 6.12. The highest BCUT2D eigenvalue weighted by atomic mass is 16.7. The van der Waals surface area contributed by atoms with Gasteiger partial charge in [0.05, 0.1) is 14.2 Å². The summed E-state index contributed by atoms with van der Waals surface area (Å²) in [4.78, 5) is 19.7. The summed E-state index contributed by atoms with van der Waals surface area (Å²) in [5.41, 5.74) is 2.43. The van der Waals surface area contributed by atoms with E-state index >= 15 is 0 Å². The Bertz CT molecular complexity index is 1370. The van der Waals surface area contributed by atoms with E-state index in [1.54, 1.807) is 19.1 Å². The van der Waals surface area contributed by atoms with E-state index in [1.165, 1.54) is 0 Å². The molecule has 1 aromatic heterocycles. The molecule has 3 aromatic carbocycles. The van der Waals surface area contributed by atoms with Crippen LogP contribution in [0.15, 0.2) is 71.3 Å². The van der Waals surface area contributed by atoms with Crippen LogP contribution in [0.3, 0.4) is 0 Å². The molecule has 190 valence electrons. The van der Waals surface area contributed by atoms with Gasteiger partial charge in [-0.1, -0.05) is 29.4 Å². The number of amides is 1. The van der Waals surface area contributed by atoms with E-state index in [9.17, 15) is 4.79 Å². The number of aromatic nitrogens is 2. The first-order valence-corrected chi connectivity index (χ1v) is 11.9.